The van der Waals surface area contributed by atoms with Gasteiger partial charge in [-0.05, 0) is 20.9 Å². The fraction of sp³-hybridized carbons (Fsp3) is 0.600. The molecule has 1 heterocycles. The van der Waals surface area contributed by atoms with E-state index in [0.717, 1.165) is 0 Å². The van der Waals surface area contributed by atoms with E-state index < -0.39 is 0 Å². The molecule has 2 nitrogen and oxygen atoms in total. The molecule has 1 aliphatic rings. The molecule has 44 valence electrons. The van der Waals surface area contributed by atoms with Crippen molar-refractivity contribution in [2.75, 3.05) is 14.1 Å². The quantitative estimate of drug-likeness (QED) is 0.418. The van der Waals surface area contributed by atoms with Crippen molar-refractivity contribution in [3.63, 3.8) is 0 Å². The third-order valence-corrected chi connectivity index (χ3v) is 1.72. The van der Waals surface area contributed by atoms with Gasteiger partial charge in [-0.15, -0.1) is 0 Å². The van der Waals surface area contributed by atoms with Gasteiger partial charge in [-0.25, -0.2) is 0 Å². The Balaban J connectivity index is 2.55. The second kappa shape index (κ2) is 1.73. The maximum absolute atomic E-state index is 2.17. The molecule has 0 aromatic carbocycles. The molecule has 0 fully saturated rings. The maximum Gasteiger partial charge on any atom is 0.370 e. The third-order valence-electron chi connectivity index (χ3n) is 1.72. The summed E-state index contributed by atoms with van der Waals surface area (Å²) in [6, 6.07) is 0. The Hall–Kier alpha value is -0.595. The van der Waals surface area contributed by atoms with E-state index in [0.29, 0.717) is 6.98 Å². The first-order valence-corrected chi connectivity index (χ1v) is 2.84. The molecule has 0 saturated heterocycles. The first kappa shape index (κ1) is 5.54. The minimum Gasteiger partial charge on any atom is -0.404 e. The lowest BCUT2D eigenvalue weighted by atomic mass is 9.78. The molecule has 0 radical (unpaired) electrons. The van der Waals surface area contributed by atoms with E-state index in [-0.39, 0.29) is 0 Å². The summed E-state index contributed by atoms with van der Waals surface area (Å²) >= 11 is 0. The van der Waals surface area contributed by atoms with E-state index >= 15 is 0 Å². The van der Waals surface area contributed by atoms with Crippen LogP contribution in [-0.4, -0.2) is 30.7 Å². The molecule has 1 aliphatic heterocycles. The smallest absolute Gasteiger partial charge is 0.370 e. The van der Waals surface area contributed by atoms with Crippen LogP contribution in [0.25, 0.3) is 0 Å². The lowest BCUT2D eigenvalue weighted by Gasteiger charge is -2.17. The van der Waals surface area contributed by atoms with Gasteiger partial charge in [0.1, 0.15) is 0 Å². The van der Waals surface area contributed by atoms with Crippen molar-refractivity contribution in [2.24, 2.45) is 0 Å². The zero-order valence-corrected chi connectivity index (χ0v) is 5.63. The fourth-order valence-electron chi connectivity index (χ4n) is 0.747. The third kappa shape index (κ3) is 0.682. The van der Waals surface area contributed by atoms with Gasteiger partial charge < -0.3 is 9.62 Å². The molecule has 0 spiro atoms. The number of nitrogens with zero attached hydrogens (tertiary/aromatic N) is 2. The number of hydrogen-bond donors (Lipinski definition) is 0. The van der Waals surface area contributed by atoms with Gasteiger partial charge in [0.05, 0.1) is 0 Å². The van der Waals surface area contributed by atoms with Gasteiger partial charge in [-0.2, -0.15) is 0 Å². The predicted molar refractivity (Wildman–Crippen MR) is 36.3 cm³/mol. The second-order valence-electron chi connectivity index (χ2n) is 2.26. The molecule has 0 aliphatic carbocycles. The molecule has 1 rings (SSSR count). The summed E-state index contributed by atoms with van der Waals surface area (Å²) in [4.78, 5) is 4.33. The zero-order valence-electron chi connectivity index (χ0n) is 5.63. The van der Waals surface area contributed by atoms with E-state index in [1.54, 1.807) is 0 Å². The highest BCUT2D eigenvalue weighted by molar-refractivity contribution is 6.52. The van der Waals surface area contributed by atoms with Crippen molar-refractivity contribution in [1.29, 1.82) is 0 Å². The van der Waals surface area contributed by atoms with Crippen LogP contribution in [0.3, 0.4) is 0 Å². The Kier molecular flexibility index (Phi) is 1.20. The van der Waals surface area contributed by atoms with Gasteiger partial charge in [-0.3, -0.25) is 0 Å². The first-order valence-electron chi connectivity index (χ1n) is 2.84. The maximum atomic E-state index is 2.17. The van der Waals surface area contributed by atoms with Crippen LogP contribution >= 0.6 is 0 Å². The monoisotopic (exact) mass is 110 g/mol. The van der Waals surface area contributed by atoms with Gasteiger partial charge >= 0.3 is 6.98 Å². The molecule has 0 aromatic rings. The topological polar surface area (TPSA) is 6.48 Å². The molecular weight excluding hydrogens is 98.9 g/mol. The highest BCUT2D eigenvalue weighted by atomic mass is 15.2. The summed E-state index contributed by atoms with van der Waals surface area (Å²) in [6.45, 7) is 2.70. The largest absolute Gasteiger partial charge is 0.404 e. The van der Waals surface area contributed by atoms with E-state index in [1.165, 1.54) is 0 Å². The van der Waals surface area contributed by atoms with Gasteiger partial charge in [0.15, 0.2) is 0 Å². The second-order valence-corrected chi connectivity index (χ2v) is 2.26. The van der Waals surface area contributed by atoms with Crippen LogP contribution in [-0.2, 0) is 0 Å². The van der Waals surface area contributed by atoms with Gasteiger partial charge in [-0.1, -0.05) is 0 Å². The molecule has 0 bridgehead atoms. The zero-order chi connectivity index (χ0) is 6.15. The summed E-state index contributed by atoms with van der Waals surface area (Å²) in [5, 5.41) is 0. The Morgan fingerprint density at radius 1 is 1.12 bits per heavy atom. The number of hydrogen-bond acceptors (Lipinski definition) is 2. The van der Waals surface area contributed by atoms with Gasteiger partial charge in [0, 0.05) is 12.4 Å². The summed E-state index contributed by atoms with van der Waals surface area (Å²) in [7, 11) is 4.15. The van der Waals surface area contributed by atoms with Gasteiger partial charge in [0.25, 0.3) is 0 Å². The van der Waals surface area contributed by atoms with Crippen molar-refractivity contribution in [3.05, 3.63) is 12.4 Å². The molecule has 3 heteroatoms. The van der Waals surface area contributed by atoms with Crippen molar-refractivity contribution in [1.82, 2.24) is 9.62 Å². The lowest BCUT2D eigenvalue weighted by Crippen LogP contribution is -2.35. The Morgan fingerprint density at radius 2 is 1.50 bits per heavy atom. The predicted octanol–water partition coefficient (Wildman–Crippen LogP) is 0.453. The average Bonchev–Trinajstić information content (AvgIpc) is 1.98. The van der Waals surface area contributed by atoms with Crippen LogP contribution in [0.4, 0.5) is 0 Å². The van der Waals surface area contributed by atoms with Crippen LogP contribution in [0.5, 0.6) is 0 Å². The average molecular weight is 110 g/mol. The van der Waals surface area contributed by atoms with E-state index in [1.807, 2.05) is 0 Å². The minimum atomic E-state index is 0.537. The molecule has 0 unspecified atom stereocenters. The Bertz CT molecular complexity index is 101. The molecule has 0 aromatic heterocycles. The first-order chi connectivity index (χ1) is 3.72. The SMILES string of the molecule is CB1N(C)C=CN1C. The standard InChI is InChI=1S/C5H11BN2/c1-6-7(2)4-5-8(6)3/h4-5H,1-3H3. The summed E-state index contributed by atoms with van der Waals surface area (Å²) < 4.78 is 0. The van der Waals surface area contributed by atoms with Crippen LogP contribution < -0.4 is 0 Å². The summed E-state index contributed by atoms with van der Waals surface area (Å²) in [5.41, 5.74) is 0. The van der Waals surface area contributed by atoms with Crippen molar-refractivity contribution < 1.29 is 0 Å². The molecule has 0 amide bonds. The highest BCUT2D eigenvalue weighted by Crippen LogP contribution is 2.05. The number of rotatable bonds is 0. The molecule has 0 saturated carbocycles. The van der Waals surface area contributed by atoms with E-state index in [9.17, 15) is 0 Å². The van der Waals surface area contributed by atoms with Gasteiger partial charge in [0.2, 0.25) is 0 Å². The van der Waals surface area contributed by atoms with Crippen LogP contribution in [0.2, 0.25) is 6.82 Å². The molecule has 0 N–H and O–H groups in total. The summed E-state index contributed by atoms with van der Waals surface area (Å²) in [5.74, 6) is 0. The molecular formula is C5H11BN2. The van der Waals surface area contributed by atoms with Crippen LogP contribution in [0.15, 0.2) is 12.4 Å². The van der Waals surface area contributed by atoms with Crippen molar-refractivity contribution in [2.45, 2.75) is 6.82 Å². The van der Waals surface area contributed by atoms with E-state index in [2.05, 4.69) is 42.9 Å². The summed E-state index contributed by atoms with van der Waals surface area (Å²) in [6.07, 6.45) is 4.15. The normalized spacial score (nSPS) is 18.6. The van der Waals surface area contributed by atoms with Crippen LogP contribution in [0.1, 0.15) is 0 Å². The fourth-order valence-corrected chi connectivity index (χ4v) is 0.747. The molecule has 0 atom stereocenters. The Labute approximate surface area is 50.9 Å². The van der Waals surface area contributed by atoms with Crippen LogP contribution in [0, 0.1) is 0 Å². The molecule has 8 heavy (non-hydrogen) atoms. The Morgan fingerprint density at radius 3 is 1.62 bits per heavy atom. The minimum absolute atomic E-state index is 0.537. The van der Waals surface area contributed by atoms with E-state index in [4.69, 9.17) is 0 Å². The lowest BCUT2D eigenvalue weighted by molar-refractivity contribution is 0.651. The van der Waals surface area contributed by atoms with Crippen molar-refractivity contribution >= 4 is 6.98 Å². The van der Waals surface area contributed by atoms with Crippen molar-refractivity contribution in [3.8, 4) is 0 Å². The highest BCUT2D eigenvalue weighted by Gasteiger charge is 2.19.